The number of hydrogen-bond donors (Lipinski definition) is 1. The average Bonchev–Trinajstić information content (AvgIpc) is 3.33. The molecule has 1 saturated heterocycles. The van der Waals surface area contributed by atoms with Crippen molar-refractivity contribution in [1.82, 2.24) is 9.88 Å². The van der Waals surface area contributed by atoms with Gasteiger partial charge < -0.3 is 24.4 Å². The van der Waals surface area contributed by atoms with Crippen molar-refractivity contribution in [3.8, 4) is 11.5 Å². The zero-order valence-electron chi connectivity index (χ0n) is 19.6. The first-order valence-electron chi connectivity index (χ1n) is 12.5. The van der Waals surface area contributed by atoms with Crippen LogP contribution in [0.1, 0.15) is 56.2 Å². The molecule has 5 rings (SSSR count). The summed E-state index contributed by atoms with van der Waals surface area (Å²) < 4.78 is 17.0. The van der Waals surface area contributed by atoms with Crippen molar-refractivity contribution in [1.29, 1.82) is 0 Å². The highest BCUT2D eigenvalue weighted by Crippen LogP contribution is 2.40. The van der Waals surface area contributed by atoms with Crippen LogP contribution in [0.3, 0.4) is 0 Å². The lowest BCUT2D eigenvalue weighted by Crippen LogP contribution is -2.41. The van der Waals surface area contributed by atoms with E-state index in [9.17, 15) is 4.79 Å². The number of likely N-dealkylation sites (tertiary alicyclic amines) is 1. The topological polar surface area (TPSA) is 72.9 Å². The predicted molar refractivity (Wildman–Crippen MR) is 128 cm³/mol. The highest BCUT2D eigenvalue weighted by molar-refractivity contribution is 5.96. The van der Waals surface area contributed by atoms with Gasteiger partial charge in [-0.15, -0.1) is 0 Å². The number of fused-ring (bicyclic) bond motifs is 2. The predicted octanol–water partition coefficient (Wildman–Crippen LogP) is 4.10. The number of methoxy groups -OCH3 is 1. The summed E-state index contributed by atoms with van der Waals surface area (Å²) in [4.78, 5) is 18.2. The maximum Gasteiger partial charge on any atom is 0.293 e. The van der Waals surface area contributed by atoms with E-state index in [1.54, 1.807) is 7.11 Å². The van der Waals surface area contributed by atoms with E-state index in [0.717, 1.165) is 61.1 Å². The molecule has 7 heteroatoms. The Labute approximate surface area is 195 Å². The molecule has 2 aromatic rings. The second kappa shape index (κ2) is 10.2. The Kier molecular flexibility index (Phi) is 6.85. The number of carbonyl (C=O) groups is 1. The Morgan fingerprint density at radius 1 is 1.12 bits per heavy atom. The minimum absolute atomic E-state index is 0.0269. The highest BCUT2D eigenvalue weighted by Gasteiger charge is 2.32. The number of aryl methyl sites for hydroxylation is 1. The number of nitrogens with zero attached hydrogens (tertiary/aromatic N) is 2. The SMILES string of the molecule is COc1cc2c(NC3CC(OC=O)C3)c3c(nc2cc1OCCCN1CCCC1)CCCC3. The summed E-state index contributed by atoms with van der Waals surface area (Å²) in [5, 5.41) is 4.83. The Hall–Kier alpha value is -2.54. The van der Waals surface area contributed by atoms with Gasteiger partial charge in [-0.05, 0) is 69.7 Å². The highest BCUT2D eigenvalue weighted by atomic mass is 16.5. The van der Waals surface area contributed by atoms with Gasteiger partial charge in [0.05, 0.1) is 19.2 Å². The summed E-state index contributed by atoms with van der Waals surface area (Å²) in [5.74, 6) is 1.52. The molecule has 1 aromatic carbocycles. The zero-order chi connectivity index (χ0) is 22.6. The van der Waals surface area contributed by atoms with Gasteiger partial charge in [-0.1, -0.05) is 0 Å². The molecule has 1 aromatic heterocycles. The molecule has 0 bridgehead atoms. The Bertz CT molecular complexity index is 983. The third-order valence-electron chi connectivity index (χ3n) is 7.31. The van der Waals surface area contributed by atoms with Crippen molar-refractivity contribution in [2.75, 3.05) is 38.7 Å². The third-order valence-corrected chi connectivity index (χ3v) is 7.31. The van der Waals surface area contributed by atoms with E-state index in [1.165, 1.54) is 55.7 Å². The summed E-state index contributed by atoms with van der Waals surface area (Å²) in [6.07, 6.45) is 9.77. The van der Waals surface area contributed by atoms with Gasteiger partial charge in [0.2, 0.25) is 0 Å². The number of nitrogens with one attached hydrogen (secondary N) is 1. The Morgan fingerprint density at radius 3 is 2.73 bits per heavy atom. The molecule has 33 heavy (non-hydrogen) atoms. The van der Waals surface area contributed by atoms with E-state index in [-0.39, 0.29) is 6.10 Å². The van der Waals surface area contributed by atoms with Crippen LogP contribution in [0, 0.1) is 0 Å². The van der Waals surface area contributed by atoms with Crippen LogP contribution in [0.15, 0.2) is 12.1 Å². The fourth-order valence-corrected chi connectivity index (χ4v) is 5.42. The van der Waals surface area contributed by atoms with Gasteiger partial charge in [0.25, 0.3) is 6.47 Å². The van der Waals surface area contributed by atoms with Gasteiger partial charge in [-0.3, -0.25) is 9.78 Å². The molecule has 3 aliphatic rings. The number of rotatable bonds is 10. The molecule has 2 fully saturated rings. The number of aromatic nitrogens is 1. The van der Waals surface area contributed by atoms with Crippen LogP contribution in [0.4, 0.5) is 5.69 Å². The van der Waals surface area contributed by atoms with Crippen molar-refractivity contribution < 1.29 is 19.0 Å². The number of benzene rings is 1. The number of hydrogen-bond acceptors (Lipinski definition) is 7. The van der Waals surface area contributed by atoms with Gasteiger partial charge in [-0.2, -0.15) is 0 Å². The van der Waals surface area contributed by atoms with Crippen LogP contribution in [0.2, 0.25) is 0 Å². The number of carbonyl (C=O) groups excluding carboxylic acids is 1. The molecule has 0 amide bonds. The van der Waals surface area contributed by atoms with Gasteiger partial charge in [0, 0.05) is 48.3 Å². The molecule has 0 radical (unpaired) electrons. The largest absolute Gasteiger partial charge is 0.493 e. The third kappa shape index (κ3) is 4.88. The Balaban J connectivity index is 1.37. The van der Waals surface area contributed by atoms with Crippen molar-refractivity contribution in [2.24, 2.45) is 0 Å². The van der Waals surface area contributed by atoms with E-state index in [4.69, 9.17) is 19.2 Å². The average molecular weight is 454 g/mol. The molecule has 1 N–H and O–H groups in total. The Morgan fingerprint density at radius 2 is 1.94 bits per heavy atom. The molecule has 2 aliphatic carbocycles. The maximum absolute atomic E-state index is 10.6. The molecule has 0 unspecified atom stereocenters. The van der Waals surface area contributed by atoms with Crippen LogP contribution in [0.25, 0.3) is 10.9 Å². The lowest BCUT2D eigenvalue weighted by atomic mass is 9.87. The standard InChI is InChI=1S/C26H35N3O4/c1-31-24-15-21-23(16-25(24)32-12-6-11-29-9-4-5-10-29)28-22-8-3-2-7-20(22)26(21)27-18-13-19(14-18)33-17-30/h15-19H,2-14H2,1H3,(H,27,28). The van der Waals surface area contributed by atoms with Crippen LogP contribution in [0.5, 0.6) is 11.5 Å². The quantitative estimate of drug-likeness (QED) is 0.429. The van der Waals surface area contributed by atoms with Crippen molar-refractivity contribution in [3.05, 3.63) is 23.4 Å². The molecule has 1 saturated carbocycles. The van der Waals surface area contributed by atoms with Crippen LogP contribution >= 0.6 is 0 Å². The fourth-order valence-electron chi connectivity index (χ4n) is 5.42. The van der Waals surface area contributed by atoms with Gasteiger partial charge in [0.1, 0.15) is 6.10 Å². The molecule has 1 aliphatic heterocycles. The summed E-state index contributed by atoms with van der Waals surface area (Å²) in [6.45, 7) is 4.75. The molecular formula is C26H35N3O4. The first kappa shape index (κ1) is 22.3. The fraction of sp³-hybridized carbons (Fsp3) is 0.615. The van der Waals surface area contributed by atoms with E-state index in [0.29, 0.717) is 19.1 Å². The second-order valence-electron chi connectivity index (χ2n) is 9.56. The minimum Gasteiger partial charge on any atom is -0.493 e. The van der Waals surface area contributed by atoms with E-state index < -0.39 is 0 Å². The smallest absolute Gasteiger partial charge is 0.293 e. The summed E-state index contributed by atoms with van der Waals surface area (Å²) in [6, 6.07) is 4.43. The van der Waals surface area contributed by atoms with Gasteiger partial charge in [-0.25, -0.2) is 0 Å². The molecule has 7 nitrogen and oxygen atoms in total. The monoisotopic (exact) mass is 453 g/mol. The minimum atomic E-state index is 0.0269. The first-order valence-corrected chi connectivity index (χ1v) is 12.5. The summed E-state index contributed by atoms with van der Waals surface area (Å²) in [5.41, 5.74) is 4.65. The molecule has 0 spiro atoms. The molecule has 2 heterocycles. The molecule has 178 valence electrons. The normalized spacial score (nSPS) is 22.5. The second-order valence-corrected chi connectivity index (χ2v) is 9.56. The van der Waals surface area contributed by atoms with Crippen molar-refractivity contribution >= 4 is 23.1 Å². The van der Waals surface area contributed by atoms with Crippen LogP contribution < -0.4 is 14.8 Å². The summed E-state index contributed by atoms with van der Waals surface area (Å²) in [7, 11) is 1.70. The number of ether oxygens (including phenoxy) is 3. The lowest BCUT2D eigenvalue weighted by Gasteiger charge is -2.36. The zero-order valence-corrected chi connectivity index (χ0v) is 19.6. The van der Waals surface area contributed by atoms with Crippen molar-refractivity contribution in [2.45, 2.75) is 69.9 Å². The van der Waals surface area contributed by atoms with Crippen molar-refractivity contribution in [3.63, 3.8) is 0 Å². The molecule has 0 atom stereocenters. The van der Waals surface area contributed by atoms with E-state index in [1.807, 2.05) is 6.07 Å². The van der Waals surface area contributed by atoms with Gasteiger partial charge >= 0.3 is 0 Å². The molecular weight excluding hydrogens is 418 g/mol. The van der Waals surface area contributed by atoms with Crippen LogP contribution in [-0.2, 0) is 22.4 Å². The number of anilines is 1. The van der Waals surface area contributed by atoms with E-state index in [2.05, 4.69) is 16.3 Å². The van der Waals surface area contributed by atoms with Gasteiger partial charge in [0.15, 0.2) is 11.5 Å². The number of pyridine rings is 1. The van der Waals surface area contributed by atoms with Crippen LogP contribution in [-0.4, -0.2) is 61.9 Å². The lowest BCUT2D eigenvalue weighted by molar-refractivity contribution is -0.137. The van der Waals surface area contributed by atoms with E-state index >= 15 is 0 Å². The maximum atomic E-state index is 10.6. The first-order chi connectivity index (χ1) is 16.2. The summed E-state index contributed by atoms with van der Waals surface area (Å²) >= 11 is 0.